The predicted molar refractivity (Wildman–Crippen MR) is 132 cm³/mol. The Morgan fingerprint density at radius 1 is 1.19 bits per heavy atom. The molecule has 0 spiro atoms. The largest absolute Gasteiger partial charge is 0.522 e. The lowest BCUT2D eigenvalue weighted by atomic mass is 9.88. The second-order valence-electron chi connectivity index (χ2n) is 9.87. The monoisotopic (exact) mass is 517 g/mol. The lowest BCUT2D eigenvalue weighted by molar-refractivity contribution is -0.356. The normalized spacial score (nSPS) is 21.8. The van der Waals surface area contributed by atoms with Crippen molar-refractivity contribution in [2.75, 3.05) is 26.7 Å². The van der Waals surface area contributed by atoms with Crippen LogP contribution in [0.4, 0.5) is 13.2 Å². The highest BCUT2D eigenvalue weighted by Crippen LogP contribution is 2.39. The van der Waals surface area contributed by atoms with Crippen molar-refractivity contribution in [3.8, 4) is 5.75 Å². The third kappa shape index (κ3) is 5.32. The molecule has 2 saturated heterocycles. The van der Waals surface area contributed by atoms with Gasteiger partial charge in [0.25, 0.3) is 0 Å². The summed E-state index contributed by atoms with van der Waals surface area (Å²) < 4.78 is 47.7. The standard InChI is InChI=1S/C27H30F3N3O4/c1-16-11-24(36-2)22(21-7-9-31-25(16)21)15-32-10-8-19(33-13-20(14-33)37-27(28,29)30)12-23(32)17-3-5-18(6-4-17)26(34)35/h3-7,9,11,19-20,23,31H,8,10,12-15H2,1-2H3,(H,34,35)/t19-,23+/m0/s1. The Hall–Kier alpha value is -3.08. The van der Waals surface area contributed by atoms with Crippen molar-refractivity contribution >= 4 is 16.9 Å². The van der Waals surface area contributed by atoms with Gasteiger partial charge in [0.1, 0.15) is 5.75 Å². The fourth-order valence-corrected chi connectivity index (χ4v) is 5.73. The number of benzene rings is 2. The molecule has 2 aliphatic heterocycles. The summed E-state index contributed by atoms with van der Waals surface area (Å²) in [5, 5.41) is 10.4. The number of carboxylic acids is 1. The number of aromatic nitrogens is 1. The van der Waals surface area contributed by atoms with Crippen LogP contribution < -0.4 is 4.74 Å². The molecule has 198 valence electrons. The van der Waals surface area contributed by atoms with Gasteiger partial charge in [0.15, 0.2) is 0 Å². The van der Waals surface area contributed by atoms with Crippen molar-refractivity contribution in [1.29, 1.82) is 0 Å². The first-order valence-corrected chi connectivity index (χ1v) is 12.3. The lowest BCUT2D eigenvalue weighted by Gasteiger charge is -2.49. The predicted octanol–water partition coefficient (Wildman–Crippen LogP) is 5.11. The number of likely N-dealkylation sites (tertiary alicyclic amines) is 2. The summed E-state index contributed by atoms with van der Waals surface area (Å²) in [5.41, 5.74) is 4.41. The number of fused-ring (bicyclic) bond motifs is 1. The van der Waals surface area contributed by atoms with Crippen molar-refractivity contribution in [3.63, 3.8) is 0 Å². The minimum atomic E-state index is -4.62. The molecule has 37 heavy (non-hydrogen) atoms. The van der Waals surface area contributed by atoms with Crippen LogP contribution in [0, 0.1) is 6.92 Å². The molecular weight excluding hydrogens is 487 g/mol. The minimum absolute atomic E-state index is 0.0378. The van der Waals surface area contributed by atoms with Gasteiger partial charge in [-0.15, -0.1) is 13.2 Å². The Kier molecular flexibility index (Phi) is 6.91. The number of ether oxygens (including phenoxy) is 2. The van der Waals surface area contributed by atoms with Gasteiger partial charge in [-0.25, -0.2) is 4.79 Å². The van der Waals surface area contributed by atoms with Gasteiger partial charge in [-0.2, -0.15) is 0 Å². The van der Waals surface area contributed by atoms with Gasteiger partial charge < -0.3 is 14.8 Å². The summed E-state index contributed by atoms with van der Waals surface area (Å²) in [4.78, 5) is 19.1. The van der Waals surface area contributed by atoms with E-state index < -0.39 is 18.4 Å². The fraction of sp³-hybridized carbons (Fsp3) is 0.444. The van der Waals surface area contributed by atoms with E-state index in [1.807, 2.05) is 37.4 Å². The minimum Gasteiger partial charge on any atom is -0.496 e. The van der Waals surface area contributed by atoms with Gasteiger partial charge in [0.2, 0.25) is 0 Å². The molecule has 7 nitrogen and oxygen atoms in total. The number of alkyl halides is 3. The van der Waals surface area contributed by atoms with Crippen LogP contribution in [0.25, 0.3) is 10.9 Å². The SMILES string of the molecule is COc1cc(C)c2[nH]ccc2c1CN1CC[C@H](N2CC(OC(F)(F)F)C2)C[C@@H]1c1ccc(C(=O)O)cc1. The number of aromatic amines is 1. The number of H-pyrrole nitrogens is 1. The van der Waals surface area contributed by atoms with Crippen LogP contribution in [0.5, 0.6) is 5.75 Å². The van der Waals surface area contributed by atoms with E-state index in [1.165, 1.54) is 0 Å². The van der Waals surface area contributed by atoms with E-state index in [9.17, 15) is 23.1 Å². The molecule has 0 radical (unpaired) electrons. The average Bonchev–Trinajstić information content (AvgIpc) is 3.33. The van der Waals surface area contributed by atoms with Crippen molar-refractivity contribution < 1.29 is 32.5 Å². The van der Waals surface area contributed by atoms with Crippen LogP contribution in [0.1, 0.15) is 45.9 Å². The Morgan fingerprint density at radius 3 is 2.57 bits per heavy atom. The summed E-state index contributed by atoms with van der Waals surface area (Å²) in [5.74, 6) is -0.179. The summed E-state index contributed by atoms with van der Waals surface area (Å²) >= 11 is 0. The molecule has 10 heteroatoms. The van der Waals surface area contributed by atoms with Crippen LogP contribution >= 0.6 is 0 Å². The molecule has 3 aromatic rings. The van der Waals surface area contributed by atoms with Crippen molar-refractivity contribution in [2.45, 2.75) is 50.9 Å². The van der Waals surface area contributed by atoms with E-state index >= 15 is 0 Å². The van der Waals surface area contributed by atoms with E-state index in [2.05, 4.69) is 19.5 Å². The van der Waals surface area contributed by atoms with Crippen LogP contribution in [0.2, 0.25) is 0 Å². The number of carbonyl (C=O) groups is 1. The van der Waals surface area contributed by atoms with Gasteiger partial charge in [-0.3, -0.25) is 14.5 Å². The number of rotatable bonds is 7. The molecule has 3 heterocycles. The Bertz CT molecular complexity index is 1270. The zero-order chi connectivity index (χ0) is 26.3. The maximum absolute atomic E-state index is 12.6. The Balaban J connectivity index is 1.40. The molecule has 0 unspecified atom stereocenters. The highest BCUT2D eigenvalue weighted by molar-refractivity contribution is 5.88. The van der Waals surface area contributed by atoms with Crippen molar-refractivity contribution in [3.05, 3.63) is 64.8 Å². The molecule has 0 saturated carbocycles. The van der Waals surface area contributed by atoms with Gasteiger partial charge in [-0.1, -0.05) is 12.1 Å². The molecule has 2 N–H and O–H groups in total. The van der Waals surface area contributed by atoms with Crippen LogP contribution in [0.15, 0.2) is 42.6 Å². The summed E-state index contributed by atoms with van der Waals surface area (Å²) in [7, 11) is 1.66. The molecular formula is C27H30F3N3O4. The second kappa shape index (κ2) is 10.00. The number of carboxylic acid groups (broad SMARTS) is 1. The number of nitrogens with zero attached hydrogens (tertiary/aromatic N) is 2. The molecule has 1 aromatic heterocycles. The smallest absolute Gasteiger partial charge is 0.496 e. The second-order valence-corrected chi connectivity index (χ2v) is 9.87. The van der Waals surface area contributed by atoms with E-state index in [1.54, 1.807) is 19.2 Å². The van der Waals surface area contributed by atoms with Gasteiger partial charge in [0.05, 0.1) is 18.8 Å². The first-order valence-electron chi connectivity index (χ1n) is 12.3. The molecule has 5 rings (SSSR count). The Morgan fingerprint density at radius 2 is 1.92 bits per heavy atom. The third-order valence-electron chi connectivity index (χ3n) is 7.61. The van der Waals surface area contributed by atoms with Gasteiger partial charge in [-0.05, 0) is 55.2 Å². The third-order valence-corrected chi connectivity index (χ3v) is 7.61. The van der Waals surface area contributed by atoms with E-state index in [4.69, 9.17) is 4.74 Å². The zero-order valence-electron chi connectivity index (χ0n) is 20.7. The number of hydrogen-bond donors (Lipinski definition) is 2. The lowest BCUT2D eigenvalue weighted by Crippen LogP contribution is -2.59. The highest BCUT2D eigenvalue weighted by Gasteiger charge is 2.43. The zero-order valence-corrected chi connectivity index (χ0v) is 20.7. The molecule has 2 aliphatic rings. The van der Waals surface area contributed by atoms with Gasteiger partial charge in [0, 0.05) is 60.9 Å². The fourth-order valence-electron chi connectivity index (χ4n) is 5.73. The quantitative estimate of drug-likeness (QED) is 0.454. The van der Waals surface area contributed by atoms with E-state index in [0.717, 1.165) is 52.7 Å². The number of nitrogens with one attached hydrogen (secondary N) is 1. The average molecular weight is 518 g/mol. The maximum atomic E-state index is 12.6. The maximum Gasteiger partial charge on any atom is 0.522 e. The number of halogens is 3. The number of hydrogen-bond acceptors (Lipinski definition) is 5. The molecule has 2 fully saturated rings. The number of aromatic carboxylic acids is 1. The van der Waals surface area contributed by atoms with E-state index in [0.29, 0.717) is 6.54 Å². The number of piperidine rings is 1. The highest BCUT2D eigenvalue weighted by atomic mass is 19.4. The van der Waals surface area contributed by atoms with Crippen LogP contribution in [0.3, 0.4) is 0 Å². The molecule has 0 aliphatic carbocycles. The van der Waals surface area contributed by atoms with Crippen molar-refractivity contribution in [2.24, 2.45) is 0 Å². The van der Waals surface area contributed by atoms with Crippen LogP contribution in [-0.4, -0.2) is 71.1 Å². The molecule has 2 aromatic carbocycles. The number of methoxy groups -OCH3 is 1. The summed E-state index contributed by atoms with van der Waals surface area (Å²) in [6.45, 7) is 3.90. The first-order chi connectivity index (χ1) is 17.6. The first kappa shape index (κ1) is 25.6. The molecule has 2 atom stereocenters. The Labute approximate surface area is 212 Å². The van der Waals surface area contributed by atoms with Crippen LogP contribution in [-0.2, 0) is 11.3 Å². The van der Waals surface area contributed by atoms with E-state index in [-0.39, 0.29) is 30.7 Å². The number of aryl methyl sites for hydroxylation is 1. The van der Waals surface area contributed by atoms with Crippen molar-refractivity contribution in [1.82, 2.24) is 14.8 Å². The summed E-state index contributed by atoms with van der Waals surface area (Å²) in [6.07, 6.45) is -2.00. The summed E-state index contributed by atoms with van der Waals surface area (Å²) in [6, 6.07) is 11.0. The molecule has 0 bridgehead atoms. The molecule has 0 amide bonds. The topological polar surface area (TPSA) is 78.0 Å². The van der Waals surface area contributed by atoms with Gasteiger partial charge >= 0.3 is 12.3 Å².